The molecule has 0 spiro atoms. The molecule has 0 bridgehead atoms. The van der Waals surface area contributed by atoms with Gasteiger partial charge in [0.15, 0.2) is 0 Å². The zero-order valence-electron chi connectivity index (χ0n) is 18.4. The summed E-state index contributed by atoms with van der Waals surface area (Å²) in [7, 11) is -3.67. The van der Waals surface area contributed by atoms with Gasteiger partial charge >= 0.3 is 4.87 Å². The van der Waals surface area contributed by atoms with Crippen LogP contribution in [0.25, 0.3) is 10.2 Å². The summed E-state index contributed by atoms with van der Waals surface area (Å²) in [4.78, 5) is 14.9. The van der Waals surface area contributed by atoms with Gasteiger partial charge in [-0.25, -0.2) is 13.1 Å². The number of hydrogen-bond donors (Lipinski definition) is 1. The lowest BCUT2D eigenvalue weighted by atomic mass is 10.2. The molecule has 0 unspecified atom stereocenters. The molecule has 0 saturated heterocycles. The van der Waals surface area contributed by atoms with Crippen molar-refractivity contribution in [3.05, 3.63) is 92.5 Å². The van der Waals surface area contributed by atoms with Crippen LogP contribution in [0.2, 0.25) is 5.02 Å². The van der Waals surface area contributed by atoms with Crippen LogP contribution in [-0.4, -0.2) is 32.6 Å². The average Bonchev–Trinajstić information content (AvgIpc) is 3.38. The van der Waals surface area contributed by atoms with Crippen LogP contribution in [-0.2, 0) is 23.0 Å². The van der Waals surface area contributed by atoms with Gasteiger partial charge in [-0.3, -0.25) is 9.36 Å². The molecule has 3 aromatic carbocycles. The summed E-state index contributed by atoms with van der Waals surface area (Å²) in [6.45, 7) is 2.45. The van der Waals surface area contributed by atoms with Gasteiger partial charge in [0.2, 0.25) is 10.0 Å². The molecule has 0 saturated carbocycles. The molecular weight excluding hydrogens is 490 g/mol. The molecule has 0 aliphatic carbocycles. The van der Waals surface area contributed by atoms with Crippen LogP contribution in [0.5, 0.6) is 0 Å². The molecule has 6 nitrogen and oxygen atoms in total. The van der Waals surface area contributed by atoms with Gasteiger partial charge in [-0.15, -0.1) is 0 Å². The Labute approximate surface area is 207 Å². The van der Waals surface area contributed by atoms with Gasteiger partial charge in [-0.2, -0.15) is 0 Å². The van der Waals surface area contributed by atoms with Crippen molar-refractivity contribution in [2.24, 2.45) is 0 Å². The van der Waals surface area contributed by atoms with Gasteiger partial charge in [0.25, 0.3) is 0 Å². The Morgan fingerprint density at radius 3 is 2.68 bits per heavy atom. The summed E-state index contributed by atoms with van der Waals surface area (Å²) in [5.74, 6) is 0. The van der Waals surface area contributed by atoms with Crippen LogP contribution in [0.3, 0.4) is 0 Å². The lowest BCUT2D eigenvalue weighted by molar-refractivity contribution is 0.578. The van der Waals surface area contributed by atoms with Crippen molar-refractivity contribution in [1.29, 1.82) is 0 Å². The number of sulfonamides is 1. The van der Waals surface area contributed by atoms with E-state index in [4.69, 9.17) is 11.6 Å². The van der Waals surface area contributed by atoms with Gasteiger partial charge in [0.1, 0.15) is 0 Å². The third-order valence-corrected chi connectivity index (χ3v) is 8.89. The van der Waals surface area contributed by atoms with E-state index >= 15 is 0 Å². The lowest BCUT2D eigenvalue weighted by Gasteiger charge is -2.19. The molecule has 1 aromatic heterocycles. The molecule has 4 aromatic rings. The lowest BCUT2D eigenvalue weighted by Crippen LogP contribution is -2.29. The highest BCUT2D eigenvalue weighted by Gasteiger charge is 2.19. The monoisotopic (exact) mass is 513 g/mol. The largest absolute Gasteiger partial charge is 0.371 e. The molecule has 0 radical (unpaired) electrons. The second-order valence-electron chi connectivity index (χ2n) is 8.29. The predicted molar refractivity (Wildman–Crippen MR) is 139 cm³/mol. The number of para-hydroxylation sites is 1. The van der Waals surface area contributed by atoms with E-state index < -0.39 is 10.0 Å². The molecule has 0 amide bonds. The first-order valence-electron chi connectivity index (χ1n) is 11.1. The van der Waals surface area contributed by atoms with Crippen molar-refractivity contribution in [3.63, 3.8) is 0 Å². The van der Waals surface area contributed by atoms with Crippen LogP contribution in [0, 0.1) is 0 Å². The summed E-state index contributed by atoms with van der Waals surface area (Å²) in [6, 6.07) is 20.5. The molecule has 0 atom stereocenters. The van der Waals surface area contributed by atoms with Gasteiger partial charge < -0.3 is 4.90 Å². The Bertz CT molecular complexity index is 1510. The minimum absolute atomic E-state index is 0.150. The van der Waals surface area contributed by atoms with E-state index in [0.717, 1.165) is 36.4 Å². The Kier molecular flexibility index (Phi) is 6.48. The number of halogens is 1. The number of fused-ring (bicyclic) bond motifs is 2. The first-order chi connectivity index (χ1) is 16.4. The van der Waals surface area contributed by atoms with E-state index in [-0.39, 0.29) is 9.77 Å². The molecule has 0 fully saturated rings. The van der Waals surface area contributed by atoms with Crippen LogP contribution in [0.1, 0.15) is 17.5 Å². The average molecular weight is 514 g/mol. The van der Waals surface area contributed by atoms with E-state index in [0.29, 0.717) is 34.7 Å². The zero-order chi connectivity index (χ0) is 23.7. The van der Waals surface area contributed by atoms with Crippen LogP contribution < -0.4 is 14.5 Å². The Morgan fingerprint density at radius 2 is 1.82 bits per heavy atom. The fourth-order valence-corrected chi connectivity index (χ4v) is 6.66. The molecule has 1 aliphatic heterocycles. The van der Waals surface area contributed by atoms with Crippen LogP contribution in [0.15, 0.2) is 76.4 Å². The normalized spacial score (nSPS) is 13.5. The topological polar surface area (TPSA) is 71.4 Å². The van der Waals surface area contributed by atoms with Gasteiger partial charge in [-0.05, 0) is 54.3 Å². The standard InChI is InChI=1S/C25H24ClN3O3S2/c26-21-8-3-1-7-19(21)17-29-23-11-10-20(16-24(23)33-25(29)30)34(31,32)27-13-5-14-28-15-12-18-6-2-4-9-22(18)28/h1-4,6-11,16,27H,5,12-15,17H2. The van der Waals surface area contributed by atoms with E-state index in [1.54, 1.807) is 28.8 Å². The van der Waals surface area contributed by atoms with E-state index in [1.807, 2.05) is 24.3 Å². The Hall–Kier alpha value is -2.65. The van der Waals surface area contributed by atoms with E-state index in [2.05, 4.69) is 27.8 Å². The second kappa shape index (κ2) is 9.54. The molecule has 34 heavy (non-hydrogen) atoms. The summed E-state index contributed by atoms with van der Waals surface area (Å²) in [5.41, 5.74) is 4.12. The Morgan fingerprint density at radius 1 is 1.03 bits per heavy atom. The van der Waals surface area contributed by atoms with Crippen molar-refractivity contribution >= 4 is 48.9 Å². The highest BCUT2D eigenvalue weighted by atomic mass is 35.5. The molecule has 176 valence electrons. The molecule has 1 aliphatic rings. The Balaban J connectivity index is 1.26. The minimum Gasteiger partial charge on any atom is -0.371 e. The van der Waals surface area contributed by atoms with Gasteiger partial charge in [-0.1, -0.05) is 59.3 Å². The number of benzene rings is 3. The third kappa shape index (κ3) is 4.63. The molecule has 9 heteroatoms. The number of nitrogens with zero attached hydrogens (tertiary/aromatic N) is 2. The zero-order valence-corrected chi connectivity index (χ0v) is 20.8. The van der Waals surface area contributed by atoms with Crippen molar-refractivity contribution < 1.29 is 8.42 Å². The van der Waals surface area contributed by atoms with Crippen molar-refractivity contribution in [2.45, 2.75) is 24.3 Å². The SMILES string of the molecule is O=c1sc2cc(S(=O)(=O)NCCCN3CCc4ccccc43)ccc2n1Cc1ccccc1Cl. The summed E-state index contributed by atoms with van der Waals surface area (Å²) in [5, 5.41) is 0.592. The molecule has 5 rings (SSSR count). The van der Waals surface area contributed by atoms with E-state index in [9.17, 15) is 13.2 Å². The highest BCUT2D eigenvalue weighted by Crippen LogP contribution is 2.27. The smallest absolute Gasteiger partial charge is 0.308 e. The van der Waals surface area contributed by atoms with Gasteiger partial charge in [0, 0.05) is 30.3 Å². The maximum Gasteiger partial charge on any atom is 0.308 e. The maximum atomic E-state index is 12.9. The number of anilines is 1. The second-order valence-corrected chi connectivity index (χ2v) is 11.5. The maximum absolute atomic E-state index is 12.9. The van der Waals surface area contributed by atoms with Crippen molar-refractivity contribution in [3.8, 4) is 0 Å². The summed E-state index contributed by atoms with van der Waals surface area (Å²) < 4.78 is 30.7. The van der Waals surface area contributed by atoms with Crippen molar-refractivity contribution in [1.82, 2.24) is 9.29 Å². The minimum atomic E-state index is -3.67. The number of nitrogens with one attached hydrogen (secondary N) is 1. The number of hydrogen-bond acceptors (Lipinski definition) is 5. The molecular formula is C25H24ClN3O3S2. The summed E-state index contributed by atoms with van der Waals surface area (Å²) in [6.07, 6.45) is 1.73. The highest BCUT2D eigenvalue weighted by molar-refractivity contribution is 7.89. The fourth-order valence-electron chi connectivity index (χ4n) is 4.36. The summed E-state index contributed by atoms with van der Waals surface area (Å²) >= 11 is 7.29. The number of aromatic nitrogens is 1. The fraction of sp³-hybridized carbons (Fsp3) is 0.240. The number of rotatable bonds is 8. The van der Waals surface area contributed by atoms with Gasteiger partial charge in [0.05, 0.1) is 21.7 Å². The van der Waals surface area contributed by atoms with Crippen LogP contribution >= 0.6 is 22.9 Å². The predicted octanol–water partition coefficient (Wildman–Crippen LogP) is 4.50. The quantitative estimate of drug-likeness (QED) is 0.352. The first-order valence-corrected chi connectivity index (χ1v) is 13.8. The van der Waals surface area contributed by atoms with Crippen molar-refractivity contribution in [2.75, 3.05) is 24.5 Å². The van der Waals surface area contributed by atoms with Crippen LogP contribution in [0.4, 0.5) is 5.69 Å². The third-order valence-electron chi connectivity index (χ3n) is 6.12. The molecule has 2 heterocycles. The van der Waals surface area contributed by atoms with E-state index in [1.165, 1.54) is 11.3 Å². The number of thiazole rings is 1. The molecule has 1 N–H and O–H groups in total. The first kappa shape index (κ1) is 23.1.